The monoisotopic (exact) mass is 391 g/mol. The topological polar surface area (TPSA) is 60.8 Å². The van der Waals surface area contributed by atoms with E-state index in [2.05, 4.69) is 25.2 Å². The Hall–Kier alpha value is -1.13. The Kier molecular flexibility index (Phi) is 8.76. The predicted octanol–water partition coefficient (Wildman–Crippen LogP) is 4.47. The van der Waals surface area contributed by atoms with Gasteiger partial charge in [-0.2, -0.15) is 0 Å². The summed E-state index contributed by atoms with van der Waals surface area (Å²) >= 11 is 0. The highest BCUT2D eigenvalue weighted by Gasteiger charge is 2.43. The maximum absolute atomic E-state index is 11.7. The molecule has 1 amide bonds. The lowest BCUT2D eigenvalue weighted by atomic mass is 9.87. The van der Waals surface area contributed by atoms with Crippen molar-refractivity contribution >= 4 is 5.91 Å². The molecule has 0 aromatic rings. The molecule has 160 valence electrons. The third kappa shape index (κ3) is 6.73. The third-order valence-corrected chi connectivity index (χ3v) is 6.57. The van der Waals surface area contributed by atoms with E-state index in [4.69, 9.17) is 0 Å². The van der Waals surface area contributed by atoms with E-state index in [0.717, 1.165) is 51.4 Å². The molecular weight excluding hydrogens is 350 g/mol. The van der Waals surface area contributed by atoms with Gasteiger partial charge in [-0.3, -0.25) is 4.79 Å². The van der Waals surface area contributed by atoms with Gasteiger partial charge in [-0.1, -0.05) is 43.6 Å². The molecule has 0 aromatic heterocycles. The molecule has 1 saturated carbocycles. The Morgan fingerprint density at radius 1 is 1.32 bits per heavy atom. The summed E-state index contributed by atoms with van der Waals surface area (Å²) in [6, 6.07) is 0. The van der Waals surface area contributed by atoms with Crippen LogP contribution in [0.1, 0.15) is 78.1 Å². The third-order valence-electron chi connectivity index (χ3n) is 6.57. The number of allylic oxidation sites excluding steroid dienone is 2. The Morgan fingerprint density at radius 3 is 2.75 bits per heavy atom. The zero-order chi connectivity index (χ0) is 20.7. The van der Waals surface area contributed by atoms with E-state index in [-0.39, 0.29) is 17.9 Å². The number of rotatable bonds is 11. The molecule has 4 nitrogen and oxygen atoms in total. The largest absolute Gasteiger partial charge is 0.392 e. The molecule has 0 spiro atoms. The van der Waals surface area contributed by atoms with E-state index in [0.29, 0.717) is 24.7 Å². The highest BCUT2D eigenvalue weighted by atomic mass is 16.3. The van der Waals surface area contributed by atoms with Gasteiger partial charge in [0.1, 0.15) is 0 Å². The first-order chi connectivity index (χ1) is 13.2. The van der Waals surface area contributed by atoms with Gasteiger partial charge in [0, 0.05) is 26.4 Å². The molecule has 2 N–H and O–H groups in total. The fraction of sp³-hybridized carbons (Fsp3) is 0.792. The summed E-state index contributed by atoms with van der Waals surface area (Å²) < 4.78 is 0. The number of hydrogen-bond acceptors (Lipinski definition) is 3. The summed E-state index contributed by atoms with van der Waals surface area (Å²) in [5, 5.41) is 21.0. The molecule has 1 unspecified atom stereocenters. The van der Waals surface area contributed by atoms with Crippen molar-refractivity contribution in [1.29, 1.82) is 0 Å². The van der Waals surface area contributed by atoms with Gasteiger partial charge in [-0.15, -0.1) is 0 Å². The maximum Gasteiger partial charge on any atom is 0.222 e. The first-order valence-corrected chi connectivity index (χ1v) is 11.2. The van der Waals surface area contributed by atoms with Crippen LogP contribution in [-0.2, 0) is 4.79 Å². The molecule has 28 heavy (non-hydrogen) atoms. The molecular formula is C24H41NO3. The SMILES string of the molecule is CCCC[C@](C)(O)CC=C[C@H]1[C@H](O)CC2C=C(CCCCC(=O)N(C)C)C[C@@H]21. The minimum absolute atomic E-state index is 0.205. The van der Waals surface area contributed by atoms with Crippen LogP contribution in [0.25, 0.3) is 0 Å². The number of fused-ring (bicyclic) bond motifs is 1. The van der Waals surface area contributed by atoms with E-state index >= 15 is 0 Å². The van der Waals surface area contributed by atoms with Gasteiger partial charge in [-0.05, 0) is 63.7 Å². The van der Waals surface area contributed by atoms with Crippen LogP contribution >= 0.6 is 0 Å². The minimum atomic E-state index is -0.640. The van der Waals surface area contributed by atoms with Crippen molar-refractivity contribution in [2.75, 3.05) is 14.1 Å². The molecule has 2 aliphatic carbocycles. The lowest BCUT2D eigenvalue weighted by Crippen LogP contribution is -2.23. The molecule has 2 rings (SSSR count). The number of carbonyl (C=O) groups excluding carboxylic acids is 1. The molecule has 0 heterocycles. The van der Waals surface area contributed by atoms with Crippen LogP contribution in [0.5, 0.6) is 0 Å². The van der Waals surface area contributed by atoms with Gasteiger partial charge in [0.2, 0.25) is 5.91 Å². The zero-order valence-corrected chi connectivity index (χ0v) is 18.4. The van der Waals surface area contributed by atoms with Gasteiger partial charge < -0.3 is 15.1 Å². The van der Waals surface area contributed by atoms with E-state index < -0.39 is 5.60 Å². The molecule has 0 aromatic carbocycles. The van der Waals surface area contributed by atoms with Crippen LogP contribution in [0.4, 0.5) is 0 Å². The highest BCUT2D eigenvalue weighted by Crippen LogP contribution is 2.48. The van der Waals surface area contributed by atoms with E-state index in [1.807, 2.05) is 21.0 Å². The summed E-state index contributed by atoms with van der Waals surface area (Å²) in [5.74, 6) is 1.41. The summed E-state index contributed by atoms with van der Waals surface area (Å²) in [6.45, 7) is 4.06. The summed E-state index contributed by atoms with van der Waals surface area (Å²) in [6.07, 6.45) is 15.7. The van der Waals surface area contributed by atoms with Crippen LogP contribution in [0.15, 0.2) is 23.8 Å². The number of aliphatic hydroxyl groups excluding tert-OH is 1. The first-order valence-electron chi connectivity index (χ1n) is 11.2. The van der Waals surface area contributed by atoms with Crippen molar-refractivity contribution in [3.05, 3.63) is 23.8 Å². The molecule has 0 saturated heterocycles. The second kappa shape index (κ2) is 10.6. The van der Waals surface area contributed by atoms with E-state index in [9.17, 15) is 15.0 Å². The summed E-state index contributed by atoms with van der Waals surface area (Å²) in [5.41, 5.74) is 0.867. The number of carbonyl (C=O) groups is 1. The van der Waals surface area contributed by atoms with Crippen molar-refractivity contribution < 1.29 is 15.0 Å². The number of hydrogen-bond donors (Lipinski definition) is 2. The summed E-state index contributed by atoms with van der Waals surface area (Å²) in [4.78, 5) is 13.3. The predicted molar refractivity (Wildman–Crippen MR) is 115 cm³/mol. The van der Waals surface area contributed by atoms with E-state index in [1.165, 1.54) is 5.57 Å². The van der Waals surface area contributed by atoms with Gasteiger partial charge in [-0.25, -0.2) is 0 Å². The molecule has 5 atom stereocenters. The average Bonchev–Trinajstić information content (AvgIpc) is 3.14. The van der Waals surface area contributed by atoms with Crippen molar-refractivity contribution in [2.24, 2.45) is 17.8 Å². The fourth-order valence-corrected chi connectivity index (χ4v) is 4.78. The Balaban J connectivity index is 1.78. The van der Waals surface area contributed by atoms with Crippen molar-refractivity contribution in [2.45, 2.75) is 89.8 Å². The zero-order valence-electron chi connectivity index (χ0n) is 18.4. The average molecular weight is 392 g/mol. The Labute approximate surface area is 171 Å². The number of nitrogens with zero attached hydrogens (tertiary/aromatic N) is 1. The molecule has 2 aliphatic rings. The molecule has 0 aliphatic heterocycles. The van der Waals surface area contributed by atoms with Gasteiger partial charge in [0.15, 0.2) is 0 Å². The van der Waals surface area contributed by atoms with Crippen LogP contribution in [0.2, 0.25) is 0 Å². The maximum atomic E-state index is 11.7. The van der Waals surface area contributed by atoms with Gasteiger partial charge in [0.25, 0.3) is 0 Å². The molecule has 4 heteroatoms. The first kappa shape index (κ1) is 23.2. The number of unbranched alkanes of at least 4 members (excludes halogenated alkanes) is 2. The van der Waals surface area contributed by atoms with Crippen LogP contribution in [0, 0.1) is 17.8 Å². The number of aliphatic hydroxyl groups is 2. The second-order valence-corrected chi connectivity index (χ2v) is 9.47. The van der Waals surface area contributed by atoms with Crippen LogP contribution in [0.3, 0.4) is 0 Å². The van der Waals surface area contributed by atoms with Crippen molar-refractivity contribution in [3.8, 4) is 0 Å². The second-order valence-electron chi connectivity index (χ2n) is 9.47. The molecule has 1 fully saturated rings. The lowest BCUT2D eigenvalue weighted by Gasteiger charge is -2.22. The minimum Gasteiger partial charge on any atom is -0.392 e. The van der Waals surface area contributed by atoms with Crippen LogP contribution < -0.4 is 0 Å². The van der Waals surface area contributed by atoms with Crippen molar-refractivity contribution in [1.82, 2.24) is 4.90 Å². The Morgan fingerprint density at radius 2 is 2.07 bits per heavy atom. The van der Waals surface area contributed by atoms with Crippen molar-refractivity contribution in [3.63, 3.8) is 0 Å². The summed E-state index contributed by atoms with van der Waals surface area (Å²) in [7, 11) is 3.62. The quantitative estimate of drug-likeness (QED) is 0.404. The van der Waals surface area contributed by atoms with Gasteiger partial charge in [0.05, 0.1) is 11.7 Å². The smallest absolute Gasteiger partial charge is 0.222 e. The fourth-order valence-electron chi connectivity index (χ4n) is 4.78. The highest BCUT2D eigenvalue weighted by molar-refractivity contribution is 5.75. The molecule has 0 radical (unpaired) electrons. The van der Waals surface area contributed by atoms with Gasteiger partial charge >= 0.3 is 0 Å². The lowest BCUT2D eigenvalue weighted by molar-refractivity contribution is -0.128. The van der Waals surface area contributed by atoms with Crippen LogP contribution in [-0.4, -0.2) is 46.8 Å². The normalized spacial score (nSPS) is 29.0. The standard InChI is InChI=1S/C24H41NO3/c1-5-6-13-24(2,28)14-9-11-20-21-16-18(15-19(21)17-22(20)26)10-7-8-12-23(27)25(3)4/h9,11,15,19-22,26,28H,5-8,10,12-14,16-17H2,1-4H3/t19?,20-,21+,22-,24+/m1/s1. The molecule has 0 bridgehead atoms. The number of amides is 1. The van der Waals surface area contributed by atoms with E-state index in [1.54, 1.807) is 4.90 Å². The Bertz CT molecular complexity index is 564.